The van der Waals surface area contributed by atoms with Crippen molar-refractivity contribution in [1.82, 2.24) is 5.43 Å². The number of methoxy groups -OCH3 is 1. The fraction of sp³-hybridized carbons (Fsp3) is 0.222. The zero-order chi connectivity index (χ0) is 16.3. The Morgan fingerprint density at radius 3 is 2.52 bits per heavy atom. The van der Waals surface area contributed by atoms with Gasteiger partial charge in [-0.25, -0.2) is 5.43 Å². The lowest BCUT2D eigenvalue weighted by Crippen LogP contribution is -2.24. The second kappa shape index (κ2) is 9.25. The number of hydrogen-bond donors (Lipinski definition) is 1. The zero-order valence-electron chi connectivity index (χ0n) is 13.1. The van der Waals surface area contributed by atoms with Crippen molar-refractivity contribution >= 4 is 12.1 Å². The van der Waals surface area contributed by atoms with E-state index in [1.807, 2.05) is 30.3 Å². The molecule has 0 spiro atoms. The summed E-state index contributed by atoms with van der Waals surface area (Å²) >= 11 is 0. The third-order valence-electron chi connectivity index (χ3n) is 3.11. The van der Waals surface area contributed by atoms with Gasteiger partial charge in [0.25, 0.3) is 5.91 Å². The highest BCUT2D eigenvalue weighted by Crippen LogP contribution is 2.25. The predicted molar refractivity (Wildman–Crippen MR) is 89.9 cm³/mol. The normalized spacial score (nSPS) is 10.5. The van der Waals surface area contributed by atoms with Gasteiger partial charge in [-0.2, -0.15) is 5.10 Å². The van der Waals surface area contributed by atoms with E-state index in [0.29, 0.717) is 11.5 Å². The number of amides is 1. The number of rotatable bonds is 8. The van der Waals surface area contributed by atoms with Crippen molar-refractivity contribution in [2.75, 3.05) is 13.7 Å². The van der Waals surface area contributed by atoms with Crippen LogP contribution in [-0.2, 0) is 11.2 Å². The number of nitrogens with zero attached hydrogens (tertiary/aromatic N) is 1. The van der Waals surface area contributed by atoms with Crippen molar-refractivity contribution < 1.29 is 14.3 Å². The Morgan fingerprint density at radius 1 is 1.09 bits per heavy atom. The quantitative estimate of drug-likeness (QED) is 0.602. The van der Waals surface area contributed by atoms with Gasteiger partial charge in [0.05, 0.1) is 7.11 Å². The van der Waals surface area contributed by atoms with Crippen LogP contribution in [0.4, 0.5) is 0 Å². The van der Waals surface area contributed by atoms with Gasteiger partial charge in [0.15, 0.2) is 18.1 Å². The number of hydrogen-bond acceptors (Lipinski definition) is 4. The van der Waals surface area contributed by atoms with Crippen molar-refractivity contribution in [2.24, 2.45) is 5.10 Å². The summed E-state index contributed by atoms with van der Waals surface area (Å²) in [5.74, 6) is 0.803. The van der Waals surface area contributed by atoms with E-state index in [2.05, 4.69) is 22.7 Å². The van der Waals surface area contributed by atoms with Gasteiger partial charge in [-0.05, 0) is 30.5 Å². The number of nitrogens with one attached hydrogen (secondary N) is 1. The molecule has 23 heavy (non-hydrogen) atoms. The molecule has 120 valence electrons. The average Bonchev–Trinajstić information content (AvgIpc) is 2.60. The summed E-state index contributed by atoms with van der Waals surface area (Å²) in [6.07, 6.45) is 3.34. The minimum atomic E-state index is -0.313. The maximum atomic E-state index is 11.7. The Morgan fingerprint density at radius 2 is 1.78 bits per heavy atom. The van der Waals surface area contributed by atoms with Crippen molar-refractivity contribution in [2.45, 2.75) is 12.8 Å². The molecule has 2 aromatic rings. The lowest BCUT2D eigenvalue weighted by molar-refractivity contribution is -0.123. The first-order valence-corrected chi connectivity index (χ1v) is 7.39. The minimum Gasteiger partial charge on any atom is -0.493 e. The Kier molecular flexibility index (Phi) is 6.65. The molecule has 1 amide bonds. The number of carbonyl (C=O) groups excluding carboxylic acids is 1. The minimum absolute atomic E-state index is 0.115. The van der Waals surface area contributed by atoms with Gasteiger partial charge in [0, 0.05) is 6.21 Å². The SMILES string of the molecule is COc1ccccc1OCC(=O)NN=CCCc1ccccc1. The van der Waals surface area contributed by atoms with Gasteiger partial charge in [-0.3, -0.25) is 4.79 Å². The molecule has 0 atom stereocenters. The molecular formula is C18H20N2O3. The van der Waals surface area contributed by atoms with Crippen LogP contribution < -0.4 is 14.9 Å². The van der Waals surface area contributed by atoms with Crippen molar-refractivity contribution in [3.63, 3.8) is 0 Å². The summed E-state index contributed by atoms with van der Waals surface area (Å²) in [5, 5.41) is 3.91. The molecule has 0 aliphatic rings. The molecule has 0 saturated carbocycles. The molecule has 5 heteroatoms. The highest BCUT2D eigenvalue weighted by Gasteiger charge is 2.05. The molecular weight excluding hydrogens is 292 g/mol. The number of benzene rings is 2. The van der Waals surface area contributed by atoms with E-state index in [-0.39, 0.29) is 12.5 Å². The van der Waals surface area contributed by atoms with Crippen molar-refractivity contribution in [3.8, 4) is 11.5 Å². The molecule has 5 nitrogen and oxygen atoms in total. The molecule has 0 saturated heterocycles. The Bertz CT molecular complexity index is 642. The van der Waals surface area contributed by atoms with Gasteiger partial charge < -0.3 is 9.47 Å². The van der Waals surface area contributed by atoms with E-state index in [9.17, 15) is 4.79 Å². The van der Waals surface area contributed by atoms with Crippen LogP contribution in [0.1, 0.15) is 12.0 Å². The third kappa shape index (κ3) is 5.82. The Balaban J connectivity index is 1.68. The van der Waals surface area contributed by atoms with E-state index in [4.69, 9.17) is 9.47 Å². The summed E-state index contributed by atoms with van der Waals surface area (Å²) in [5.41, 5.74) is 3.68. The van der Waals surface area contributed by atoms with E-state index < -0.39 is 0 Å². The van der Waals surface area contributed by atoms with Crippen LogP contribution in [0.2, 0.25) is 0 Å². The summed E-state index contributed by atoms with van der Waals surface area (Å²) in [6.45, 7) is -0.115. The van der Waals surface area contributed by atoms with Gasteiger partial charge in [-0.15, -0.1) is 0 Å². The monoisotopic (exact) mass is 312 g/mol. The first-order valence-electron chi connectivity index (χ1n) is 7.39. The van der Waals surface area contributed by atoms with Gasteiger partial charge in [0.1, 0.15) is 0 Å². The fourth-order valence-electron chi connectivity index (χ4n) is 1.97. The van der Waals surface area contributed by atoms with Crippen molar-refractivity contribution in [1.29, 1.82) is 0 Å². The van der Waals surface area contributed by atoms with E-state index in [1.54, 1.807) is 25.5 Å². The molecule has 0 aromatic heterocycles. The maximum Gasteiger partial charge on any atom is 0.277 e. The van der Waals surface area contributed by atoms with Crippen LogP contribution in [0.15, 0.2) is 59.7 Å². The van der Waals surface area contributed by atoms with E-state index >= 15 is 0 Å². The summed E-state index contributed by atoms with van der Waals surface area (Å²) in [7, 11) is 1.55. The number of para-hydroxylation sites is 2. The van der Waals surface area contributed by atoms with Gasteiger partial charge in [0.2, 0.25) is 0 Å². The van der Waals surface area contributed by atoms with Gasteiger partial charge >= 0.3 is 0 Å². The van der Waals surface area contributed by atoms with E-state index in [0.717, 1.165) is 12.8 Å². The summed E-state index contributed by atoms with van der Waals surface area (Å²) in [4.78, 5) is 11.7. The third-order valence-corrected chi connectivity index (χ3v) is 3.11. The Hall–Kier alpha value is -2.82. The van der Waals surface area contributed by atoms with Crippen LogP contribution in [-0.4, -0.2) is 25.8 Å². The van der Waals surface area contributed by atoms with Crippen LogP contribution >= 0.6 is 0 Å². The highest BCUT2D eigenvalue weighted by molar-refractivity contribution is 5.78. The molecule has 0 fully saturated rings. The van der Waals surface area contributed by atoms with E-state index in [1.165, 1.54) is 5.56 Å². The smallest absolute Gasteiger partial charge is 0.277 e. The molecule has 0 radical (unpaired) electrons. The first kappa shape index (κ1) is 16.5. The molecule has 2 rings (SSSR count). The second-order valence-electron chi connectivity index (χ2n) is 4.81. The molecule has 0 aliphatic carbocycles. The Labute approximate surface area is 135 Å². The second-order valence-corrected chi connectivity index (χ2v) is 4.81. The number of hydrazone groups is 1. The molecule has 0 bridgehead atoms. The number of aryl methyl sites for hydroxylation is 1. The first-order chi connectivity index (χ1) is 11.3. The zero-order valence-corrected chi connectivity index (χ0v) is 13.1. The largest absolute Gasteiger partial charge is 0.493 e. The summed E-state index contributed by atoms with van der Waals surface area (Å²) < 4.78 is 10.6. The van der Waals surface area contributed by atoms with Crippen LogP contribution in [0.5, 0.6) is 11.5 Å². The topological polar surface area (TPSA) is 59.9 Å². The predicted octanol–water partition coefficient (Wildman–Crippen LogP) is 2.81. The molecule has 0 aliphatic heterocycles. The number of ether oxygens (including phenoxy) is 2. The van der Waals surface area contributed by atoms with Crippen LogP contribution in [0.25, 0.3) is 0 Å². The standard InChI is InChI=1S/C18H20N2O3/c1-22-16-11-5-6-12-17(16)23-14-18(21)20-19-13-7-10-15-8-3-2-4-9-15/h2-6,8-9,11-13H,7,10,14H2,1H3,(H,20,21). The molecule has 1 N–H and O–H groups in total. The average molecular weight is 312 g/mol. The fourth-order valence-corrected chi connectivity index (χ4v) is 1.97. The maximum absolute atomic E-state index is 11.7. The number of carbonyl (C=O) groups is 1. The van der Waals surface area contributed by atoms with Crippen LogP contribution in [0.3, 0.4) is 0 Å². The molecule has 0 unspecified atom stereocenters. The van der Waals surface area contributed by atoms with Gasteiger partial charge in [-0.1, -0.05) is 42.5 Å². The lowest BCUT2D eigenvalue weighted by Gasteiger charge is -2.09. The van der Waals surface area contributed by atoms with Crippen LogP contribution in [0, 0.1) is 0 Å². The lowest BCUT2D eigenvalue weighted by atomic mass is 10.1. The highest BCUT2D eigenvalue weighted by atomic mass is 16.5. The molecule has 2 aromatic carbocycles. The molecule has 0 heterocycles. The summed E-state index contributed by atoms with van der Waals surface area (Å²) in [6, 6.07) is 17.3. The van der Waals surface area contributed by atoms with Crippen molar-refractivity contribution in [3.05, 3.63) is 60.2 Å².